The van der Waals surface area contributed by atoms with Gasteiger partial charge in [0.25, 0.3) is 5.91 Å². The molecule has 7 heteroatoms. The van der Waals surface area contributed by atoms with E-state index in [4.69, 9.17) is 11.6 Å². The Kier molecular flexibility index (Phi) is 4.87. The largest absolute Gasteiger partial charge is 0.393 e. The highest BCUT2D eigenvalue weighted by Crippen LogP contribution is 2.37. The number of carbonyl (C=O) groups excluding carboxylic acids is 1. The summed E-state index contributed by atoms with van der Waals surface area (Å²) >= 11 is 5.98. The summed E-state index contributed by atoms with van der Waals surface area (Å²) in [7, 11) is 1.90. The van der Waals surface area contributed by atoms with Crippen LogP contribution in [0.15, 0.2) is 24.5 Å². The number of aromatic nitrogens is 3. The minimum atomic E-state index is -0.445. The number of nitrogens with one attached hydrogen (secondary N) is 1. The Labute approximate surface area is 145 Å². The number of aryl methyl sites for hydroxylation is 2. The Balaban J connectivity index is 1.59. The molecule has 3 rings (SSSR count). The fourth-order valence-corrected chi connectivity index (χ4v) is 3.42. The lowest BCUT2D eigenvalue weighted by Crippen LogP contribution is -2.32. The van der Waals surface area contributed by atoms with Gasteiger partial charge in [-0.1, -0.05) is 11.6 Å². The molecule has 0 unspecified atom stereocenters. The van der Waals surface area contributed by atoms with Gasteiger partial charge in [-0.3, -0.25) is 4.79 Å². The molecule has 3 atom stereocenters. The van der Waals surface area contributed by atoms with E-state index in [0.717, 1.165) is 17.8 Å². The fraction of sp³-hybridized carbons (Fsp3) is 0.471. The molecular formula is C17H21ClN4O2. The van der Waals surface area contributed by atoms with E-state index in [9.17, 15) is 9.90 Å². The summed E-state index contributed by atoms with van der Waals surface area (Å²) in [4.78, 5) is 12.3. The Morgan fingerprint density at radius 2 is 2.25 bits per heavy atom. The van der Waals surface area contributed by atoms with E-state index in [1.807, 2.05) is 18.5 Å². The normalized spacial score (nSPS) is 23.4. The molecule has 24 heavy (non-hydrogen) atoms. The maximum Gasteiger partial charge on any atom is 0.251 e. The van der Waals surface area contributed by atoms with Gasteiger partial charge in [0.15, 0.2) is 0 Å². The van der Waals surface area contributed by atoms with Crippen molar-refractivity contribution in [3.63, 3.8) is 0 Å². The van der Waals surface area contributed by atoms with E-state index < -0.39 is 6.10 Å². The highest BCUT2D eigenvalue weighted by Gasteiger charge is 2.36. The summed E-state index contributed by atoms with van der Waals surface area (Å²) < 4.78 is 1.88. The fourth-order valence-electron chi connectivity index (χ4n) is 3.31. The maximum absolute atomic E-state index is 12.3. The molecule has 1 fully saturated rings. The van der Waals surface area contributed by atoms with Crippen LogP contribution in [0.2, 0.25) is 5.02 Å². The molecule has 1 saturated carbocycles. The van der Waals surface area contributed by atoms with Crippen molar-refractivity contribution in [3.05, 3.63) is 46.5 Å². The van der Waals surface area contributed by atoms with Crippen LogP contribution in [0.4, 0.5) is 0 Å². The lowest BCUT2D eigenvalue weighted by molar-refractivity contribution is 0.0916. The molecule has 0 bridgehead atoms. The summed E-state index contributed by atoms with van der Waals surface area (Å²) in [6, 6.07) is 5.20. The number of nitrogens with zero attached hydrogens (tertiary/aromatic N) is 3. The summed E-state index contributed by atoms with van der Waals surface area (Å²) in [5.41, 5.74) is 1.45. The van der Waals surface area contributed by atoms with Crippen LogP contribution in [0.25, 0.3) is 0 Å². The first-order chi connectivity index (χ1) is 11.5. The second-order valence-electron chi connectivity index (χ2n) is 6.47. The zero-order valence-corrected chi connectivity index (χ0v) is 14.5. The summed E-state index contributed by atoms with van der Waals surface area (Å²) in [5, 5.41) is 21.9. The zero-order chi connectivity index (χ0) is 17.3. The highest BCUT2D eigenvalue weighted by atomic mass is 35.5. The molecule has 0 aliphatic heterocycles. The first-order valence-electron chi connectivity index (χ1n) is 8.02. The average Bonchev–Trinajstić information content (AvgIpc) is 3.13. The third-order valence-corrected chi connectivity index (χ3v) is 5.14. The van der Waals surface area contributed by atoms with E-state index in [-0.39, 0.29) is 17.7 Å². The predicted molar refractivity (Wildman–Crippen MR) is 91.0 cm³/mol. The summed E-state index contributed by atoms with van der Waals surface area (Å²) in [6.45, 7) is 2.31. The van der Waals surface area contributed by atoms with Crippen molar-refractivity contribution in [1.29, 1.82) is 0 Å². The van der Waals surface area contributed by atoms with Crippen LogP contribution >= 0.6 is 11.6 Å². The molecule has 6 nitrogen and oxygen atoms in total. The number of benzene rings is 1. The molecule has 128 valence electrons. The molecular weight excluding hydrogens is 328 g/mol. The van der Waals surface area contributed by atoms with Gasteiger partial charge in [0, 0.05) is 36.0 Å². The van der Waals surface area contributed by atoms with Crippen molar-refractivity contribution in [2.24, 2.45) is 13.0 Å². The average molecular weight is 349 g/mol. The van der Waals surface area contributed by atoms with E-state index in [2.05, 4.69) is 15.5 Å². The Morgan fingerprint density at radius 1 is 1.46 bits per heavy atom. The Morgan fingerprint density at radius 3 is 2.92 bits per heavy atom. The maximum atomic E-state index is 12.3. The van der Waals surface area contributed by atoms with Crippen molar-refractivity contribution in [3.8, 4) is 0 Å². The first kappa shape index (κ1) is 16.9. The number of aliphatic hydroxyl groups is 1. The van der Waals surface area contributed by atoms with E-state index in [1.165, 1.54) is 0 Å². The van der Waals surface area contributed by atoms with Crippen LogP contribution in [-0.2, 0) is 7.05 Å². The van der Waals surface area contributed by atoms with Gasteiger partial charge in [-0.25, -0.2) is 0 Å². The molecule has 1 aliphatic carbocycles. The number of halogens is 1. The topological polar surface area (TPSA) is 80.0 Å². The molecule has 1 aromatic heterocycles. The lowest BCUT2D eigenvalue weighted by Gasteiger charge is -2.15. The van der Waals surface area contributed by atoms with Gasteiger partial charge in [-0.05, 0) is 43.5 Å². The van der Waals surface area contributed by atoms with Crippen molar-refractivity contribution in [2.45, 2.75) is 31.8 Å². The number of amides is 1. The van der Waals surface area contributed by atoms with Gasteiger partial charge in [0.1, 0.15) is 12.2 Å². The predicted octanol–water partition coefficient (Wildman–Crippen LogP) is 2.06. The quantitative estimate of drug-likeness (QED) is 0.886. The van der Waals surface area contributed by atoms with Crippen LogP contribution in [0.1, 0.15) is 40.5 Å². The van der Waals surface area contributed by atoms with Crippen LogP contribution in [0.3, 0.4) is 0 Å². The minimum absolute atomic E-state index is 0.0176. The number of hydrogen-bond donors (Lipinski definition) is 2. The molecule has 1 aromatic carbocycles. The molecule has 0 saturated heterocycles. The SMILES string of the molecule is Cc1cc(C(=O)NC[C@H]2C[C@H](c3nncn3C)C[C@H]2O)ccc1Cl. The first-order valence-corrected chi connectivity index (χ1v) is 8.39. The number of rotatable bonds is 4. The molecule has 2 N–H and O–H groups in total. The molecule has 0 radical (unpaired) electrons. The van der Waals surface area contributed by atoms with Crippen molar-refractivity contribution in [2.75, 3.05) is 6.54 Å². The number of carbonyl (C=O) groups is 1. The smallest absolute Gasteiger partial charge is 0.251 e. The highest BCUT2D eigenvalue weighted by molar-refractivity contribution is 6.31. The molecule has 0 spiro atoms. The van der Waals surface area contributed by atoms with Gasteiger partial charge in [-0.15, -0.1) is 10.2 Å². The van der Waals surface area contributed by atoms with Crippen LogP contribution in [0, 0.1) is 12.8 Å². The van der Waals surface area contributed by atoms with Crippen molar-refractivity contribution in [1.82, 2.24) is 20.1 Å². The van der Waals surface area contributed by atoms with Crippen LogP contribution in [-0.4, -0.2) is 38.4 Å². The van der Waals surface area contributed by atoms with E-state index in [1.54, 1.807) is 24.5 Å². The van der Waals surface area contributed by atoms with E-state index in [0.29, 0.717) is 23.6 Å². The zero-order valence-electron chi connectivity index (χ0n) is 13.7. The number of hydrogen-bond acceptors (Lipinski definition) is 4. The van der Waals surface area contributed by atoms with Crippen molar-refractivity contribution < 1.29 is 9.90 Å². The van der Waals surface area contributed by atoms with Crippen molar-refractivity contribution >= 4 is 17.5 Å². The van der Waals surface area contributed by atoms with Gasteiger partial charge < -0.3 is 15.0 Å². The third kappa shape index (κ3) is 3.44. The molecule has 1 aliphatic rings. The van der Waals surface area contributed by atoms with Gasteiger partial charge in [-0.2, -0.15) is 0 Å². The third-order valence-electron chi connectivity index (χ3n) is 4.71. The van der Waals surface area contributed by atoms with Crippen LogP contribution in [0.5, 0.6) is 0 Å². The summed E-state index contributed by atoms with van der Waals surface area (Å²) in [5.74, 6) is 0.927. The summed E-state index contributed by atoms with van der Waals surface area (Å²) in [6.07, 6.45) is 2.65. The minimum Gasteiger partial charge on any atom is -0.393 e. The molecule has 1 amide bonds. The van der Waals surface area contributed by atoms with Crippen LogP contribution < -0.4 is 5.32 Å². The lowest BCUT2D eigenvalue weighted by atomic mass is 10.0. The number of aliphatic hydroxyl groups excluding tert-OH is 1. The second-order valence-corrected chi connectivity index (χ2v) is 6.88. The Hall–Kier alpha value is -1.92. The second kappa shape index (κ2) is 6.91. The van der Waals surface area contributed by atoms with E-state index >= 15 is 0 Å². The van der Waals surface area contributed by atoms with Gasteiger partial charge >= 0.3 is 0 Å². The monoisotopic (exact) mass is 348 g/mol. The molecule has 1 heterocycles. The van der Waals surface area contributed by atoms with Gasteiger partial charge in [0.2, 0.25) is 0 Å². The van der Waals surface area contributed by atoms with Gasteiger partial charge in [0.05, 0.1) is 6.10 Å². The Bertz CT molecular complexity index is 746. The standard InChI is InChI=1S/C17H21ClN4O2/c1-10-5-11(3-4-14(10)18)17(24)19-8-13-6-12(7-15(13)23)16-21-20-9-22(16)2/h3-5,9,12-13,15,23H,6-8H2,1-2H3,(H,19,24)/t12-,13+,15+/m0/s1. The molecule has 2 aromatic rings.